The Morgan fingerprint density at radius 2 is 1.71 bits per heavy atom. The normalized spacial score (nSPS) is 14.0. The second-order valence-electron chi connectivity index (χ2n) is 7.62. The lowest BCUT2D eigenvalue weighted by Crippen LogP contribution is -2.23. The average Bonchev–Trinajstić information content (AvgIpc) is 3.41. The number of amides is 2. The second kappa shape index (κ2) is 9.67. The average molecular weight is 478 g/mol. The van der Waals surface area contributed by atoms with Gasteiger partial charge in [-0.1, -0.05) is 12.1 Å². The van der Waals surface area contributed by atoms with Crippen LogP contribution in [0.15, 0.2) is 48.7 Å². The van der Waals surface area contributed by atoms with E-state index in [1.54, 1.807) is 19.4 Å². The molecule has 0 spiro atoms. The fraction of sp³-hybridized carbons (Fsp3) is 0.208. The van der Waals surface area contributed by atoms with Crippen LogP contribution < -0.4 is 15.4 Å². The van der Waals surface area contributed by atoms with Gasteiger partial charge < -0.3 is 24.8 Å². The smallest absolute Gasteiger partial charge is 0.337 e. The number of methoxy groups -OCH3 is 3. The van der Waals surface area contributed by atoms with Crippen LogP contribution in [-0.2, 0) is 19.1 Å². The molecule has 0 saturated carbocycles. The van der Waals surface area contributed by atoms with Gasteiger partial charge in [0.05, 0.1) is 45.1 Å². The molecule has 11 heteroatoms. The van der Waals surface area contributed by atoms with E-state index in [1.807, 2.05) is 18.2 Å². The molecule has 35 heavy (non-hydrogen) atoms. The molecule has 11 nitrogen and oxygen atoms in total. The molecule has 1 aliphatic heterocycles. The van der Waals surface area contributed by atoms with Gasteiger partial charge in [-0.2, -0.15) is 5.10 Å². The minimum atomic E-state index is -0.881. The van der Waals surface area contributed by atoms with E-state index < -0.39 is 23.9 Å². The Balaban J connectivity index is 1.55. The molecule has 1 unspecified atom stereocenters. The fourth-order valence-electron chi connectivity index (χ4n) is 3.77. The molecule has 2 heterocycles. The van der Waals surface area contributed by atoms with Gasteiger partial charge in [-0.05, 0) is 35.9 Å². The molecule has 0 fully saturated rings. The number of esters is 2. The largest absolute Gasteiger partial charge is 0.497 e. The van der Waals surface area contributed by atoms with Crippen molar-refractivity contribution in [1.82, 2.24) is 9.78 Å². The van der Waals surface area contributed by atoms with Gasteiger partial charge in [-0.3, -0.25) is 9.59 Å². The first kappa shape index (κ1) is 23.5. The van der Waals surface area contributed by atoms with Gasteiger partial charge in [-0.25, -0.2) is 14.3 Å². The second-order valence-corrected chi connectivity index (χ2v) is 7.62. The van der Waals surface area contributed by atoms with Gasteiger partial charge in [0.15, 0.2) is 0 Å². The third-order valence-corrected chi connectivity index (χ3v) is 5.45. The summed E-state index contributed by atoms with van der Waals surface area (Å²) >= 11 is 0. The van der Waals surface area contributed by atoms with Crippen molar-refractivity contribution in [2.24, 2.45) is 0 Å². The first-order valence-corrected chi connectivity index (χ1v) is 10.5. The van der Waals surface area contributed by atoms with Gasteiger partial charge >= 0.3 is 11.9 Å². The van der Waals surface area contributed by atoms with Crippen LogP contribution in [-0.4, -0.2) is 54.9 Å². The lowest BCUT2D eigenvalue weighted by atomic mass is 10.1. The fourth-order valence-corrected chi connectivity index (χ4v) is 3.77. The Labute approximate surface area is 200 Å². The molecule has 2 aromatic carbocycles. The first-order valence-electron chi connectivity index (χ1n) is 10.5. The third-order valence-electron chi connectivity index (χ3n) is 5.45. The van der Waals surface area contributed by atoms with Crippen LogP contribution in [0.2, 0.25) is 0 Å². The van der Waals surface area contributed by atoms with Crippen molar-refractivity contribution in [1.29, 1.82) is 0 Å². The molecular formula is C24H22N4O7. The summed E-state index contributed by atoms with van der Waals surface area (Å²) in [5.74, 6) is -1.15. The van der Waals surface area contributed by atoms with Crippen molar-refractivity contribution in [3.05, 3.63) is 59.8 Å². The van der Waals surface area contributed by atoms with Gasteiger partial charge in [0, 0.05) is 11.3 Å². The number of benzene rings is 2. The Hall–Kier alpha value is -4.67. The summed E-state index contributed by atoms with van der Waals surface area (Å²) in [6, 6.07) is 10.5. The lowest BCUT2D eigenvalue weighted by Gasteiger charge is -2.12. The topological polar surface area (TPSA) is 138 Å². The number of aromatic nitrogens is 2. The first-order chi connectivity index (χ1) is 16.8. The molecule has 180 valence electrons. The molecule has 1 atom stereocenters. The summed E-state index contributed by atoms with van der Waals surface area (Å²) in [7, 11) is 3.96. The van der Waals surface area contributed by atoms with Crippen LogP contribution in [0.4, 0.5) is 11.5 Å². The predicted molar refractivity (Wildman–Crippen MR) is 124 cm³/mol. The highest BCUT2D eigenvalue weighted by Crippen LogP contribution is 2.36. The minimum absolute atomic E-state index is 0.0570. The number of anilines is 2. The Bertz CT molecular complexity index is 1300. The number of nitrogens with zero attached hydrogens (tertiary/aromatic N) is 2. The molecular weight excluding hydrogens is 456 g/mol. The maximum atomic E-state index is 12.8. The zero-order chi connectivity index (χ0) is 25.1. The Kier molecular flexibility index (Phi) is 6.49. The number of nitrogens with one attached hydrogen (secondary N) is 2. The van der Waals surface area contributed by atoms with Crippen LogP contribution in [0.1, 0.15) is 33.2 Å². The van der Waals surface area contributed by atoms with E-state index in [0.29, 0.717) is 17.1 Å². The van der Waals surface area contributed by atoms with Crippen LogP contribution >= 0.6 is 0 Å². The molecule has 2 amide bonds. The summed E-state index contributed by atoms with van der Waals surface area (Å²) in [5, 5.41) is 9.71. The maximum absolute atomic E-state index is 12.8. The monoisotopic (exact) mass is 478 g/mol. The molecule has 0 saturated heterocycles. The minimum Gasteiger partial charge on any atom is -0.497 e. The van der Waals surface area contributed by atoms with E-state index in [-0.39, 0.29) is 29.1 Å². The number of rotatable bonds is 7. The Morgan fingerprint density at radius 1 is 1.03 bits per heavy atom. The van der Waals surface area contributed by atoms with Crippen molar-refractivity contribution >= 4 is 35.3 Å². The van der Waals surface area contributed by atoms with Crippen molar-refractivity contribution < 1.29 is 33.4 Å². The number of fused-ring (bicyclic) bond motifs is 1. The van der Waals surface area contributed by atoms with Crippen LogP contribution in [0.3, 0.4) is 0 Å². The number of carbonyl (C=O) groups excluding carboxylic acids is 4. The van der Waals surface area contributed by atoms with Gasteiger partial charge in [0.25, 0.3) is 5.91 Å². The van der Waals surface area contributed by atoms with Gasteiger partial charge in [0.1, 0.15) is 17.6 Å². The zero-order valence-corrected chi connectivity index (χ0v) is 19.2. The quantitative estimate of drug-likeness (QED) is 0.495. The number of ether oxygens (including phenoxy) is 3. The van der Waals surface area contributed by atoms with Crippen LogP contribution in [0.25, 0.3) is 11.1 Å². The number of hydrogen-bond donors (Lipinski definition) is 2. The van der Waals surface area contributed by atoms with E-state index in [2.05, 4.69) is 15.7 Å². The summed E-state index contributed by atoms with van der Waals surface area (Å²) in [5.41, 5.74) is 1.78. The molecule has 1 aromatic heterocycles. The molecule has 1 aliphatic rings. The van der Waals surface area contributed by atoms with Crippen molar-refractivity contribution in [3.63, 3.8) is 0 Å². The lowest BCUT2D eigenvalue weighted by molar-refractivity contribution is -0.123. The summed E-state index contributed by atoms with van der Waals surface area (Å²) < 4.78 is 16.1. The SMILES string of the molecule is COC(=O)c1cc(NC(=O)CC2C(=O)Nc3c(-c4cccc(OC)c4)cnn32)cc(C(=O)OC)c1. The molecule has 0 bridgehead atoms. The van der Waals surface area contributed by atoms with E-state index in [1.165, 1.54) is 37.1 Å². The number of hydrogen-bond acceptors (Lipinski definition) is 8. The highest BCUT2D eigenvalue weighted by atomic mass is 16.5. The van der Waals surface area contributed by atoms with Crippen LogP contribution in [0.5, 0.6) is 5.75 Å². The predicted octanol–water partition coefficient (Wildman–Crippen LogP) is 2.65. The molecule has 3 aromatic rings. The van der Waals surface area contributed by atoms with E-state index in [0.717, 1.165) is 5.56 Å². The van der Waals surface area contributed by atoms with Crippen molar-refractivity contribution in [3.8, 4) is 16.9 Å². The summed E-state index contributed by atoms with van der Waals surface area (Å²) in [4.78, 5) is 49.4. The maximum Gasteiger partial charge on any atom is 0.337 e. The molecule has 4 rings (SSSR count). The summed E-state index contributed by atoms with van der Waals surface area (Å²) in [6.07, 6.45) is 1.38. The zero-order valence-electron chi connectivity index (χ0n) is 19.2. The van der Waals surface area contributed by atoms with Gasteiger partial charge in [-0.15, -0.1) is 0 Å². The molecule has 0 radical (unpaired) electrons. The molecule has 2 N–H and O–H groups in total. The summed E-state index contributed by atoms with van der Waals surface area (Å²) in [6.45, 7) is 0. The van der Waals surface area contributed by atoms with E-state index in [4.69, 9.17) is 14.2 Å². The van der Waals surface area contributed by atoms with E-state index >= 15 is 0 Å². The molecule has 0 aliphatic carbocycles. The third kappa shape index (κ3) is 4.69. The standard InChI is InChI=1S/C24H22N4O7/c1-33-17-6-4-5-13(10-17)18-12-25-28-19(22(30)27-21(18)28)11-20(29)26-16-8-14(23(31)34-2)7-15(9-16)24(32)35-3/h4-10,12,19H,11H2,1-3H3,(H,26,29)(H,27,30). The number of carbonyl (C=O) groups is 4. The van der Waals surface area contributed by atoms with Gasteiger partial charge in [0.2, 0.25) is 5.91 Å². The highest BCUT2D eigenvalue weighted by Gasteiger charge is 2.35. The van der Waals surface area contributed by atoms with E-state index in [9.17, 15) is 19.2 Å². The highest BCUT2D eigenvalue weighted by molar-refractivity contribution is 6.05. The Morgan fingerprint density at radius 3 is 2.34 bits per heavy atom. The van der Waals surface area contributed by atoms with Crippen molar-refractivity contribution in [2.45, 2.75) is 12.5 Å². The van der Waals surface area contributed by atoms with Crippen LogP contribution in [0, 0.1) is 0 Å². The van der Waals surface area contributed by atoms with Crippen molar-refractivity contribution in [2.75, 3.05) is 32.0 Å².